The summed E-state index contributed by atoms with van der Waals surface area (Å²) in [5.74, 6) is -0.323. The van der Waals surface area contributed by atoms with Gasteiger partial charge in [-0.2, -0.15) is 0 Å². The molecule has 150 valence electrons. The van der Waals surface area contributed by atoms with Gasteiger partial charge in [-0.1, -0.05) is 30.3 Å². The van der Waals surface area contributed by atoms with Gasteiger partial charge >= 0.3 is 0 Å². The number of benzene rings is 3. The Morgan fingerprint density at radius 2 is 1.55 bits per heavy atom. The predicted molar refractivity (Wildman–Crippen MR) is 108 cm³/mol. The molecule has 0 saturated heterocycles. The lowest BCUT2D eigenvalue weighted by molar-refractivity contribution is 0.0947. The van der Waals surface area contributed by atoms with Crippen LogP contribution in [0.3, 0.4) is 0 Å². The highest BCUT2D eigenvalue weighted by Gasteiger charge is 2.16. The molecule has 3 rings (SSSR count). The number of halogens is 1. The van der Waals surface area contributed by atoms with Gasteiger partial charge in [0.15, 0.2) is 0 Å². The van der Waals surface area contributed by atoms with Crippen molar-refractivity contribution in [2.45, 2.75) is 4.90 Å². The molecule has 0 atom stereocenters. The van der Waals surface area contributed by atoms with Crippen LogP contribution < -0.4 is 14.8 Å². The number of nitrogens with one attached hydrogen (secondary N) is 2. The van der Waals surface area contributed by atoms with Gasteiger partial charge in [-0.3, -0.25) is 9.52 Å². The zero-order chi connectivity index (χ0) is 20.7. The van der Waals surface area contributed by atoms with Gasteiger partial charge in [0.2, 0.25) is 0 Å². The van der Waals surface area contributed by atoms with Crippen molar-refractivity contribution >= 4 is 21.6 Å². The van der Waals surface area contributed by atoms with Crippen LogP contribution in [-0.4, -0.2) is 27.5 Å². The number of hydrogen-bond acceptors (Lipinski definition) is 4. The van der Waals surface area contributed by atoms with Crippen LogP contribution in [0.4, 0.5) is 10.1 Å². The van der Waals surface area contributed by atoms with Crippen LogP contribution >= 0.6 is 0 Å². The molecule has 0 aliphatic heterocycles. The van der Waals surface area contributed by atoms with E-state index in [1.807, 2.05) is 30.3 Å². The third-order valence-electron chi connectivity index (χ3n) is 3.94. The average Bonchev–Trinajstić information content (AvgIpc) is 2.73. The maximum Gasteiger partial charge on any atom is 0.261 e. The van der Waals surface area contributed by atoms with Crippen molar-refractivity contribution in [3.63, 3.8) is 0 Å². The van der Waals surface area contributed by atoms with Crippen molar-refractivity contribution in [3.05, 3.63) is 90.2 Å². The van der Waals surface area contributed by atoms with Crippen molar-refractivity contribution < 1.29 is 22.3 Å². The van der Waals surface area contributed by atoms with E-state index in [1.54, 1.807) is 0 Å². The monoisotopic (exact) mass is 414 g/mol. The number of amides is 1. The average molecular weight is 414 g/mol. The fraction of sp³-hybridized carbons (Fsp3) is 0.0952. The summed E-state index contributed by atoms with van der Waals surface area (Å²) in [5, 5.41) is 2.70. The van der Waals surface area contributed by atoms with Crippen molar-refractivity contribution in [3.8, 4) is 5.75 Å². The number of hydrogen-bond donors (Lipinski definition) is 2. The molecule has 29 heavy (non-hydrogen) atoms. The highest BCUT2D eigenvalue weighted by atomic mass is 32.2. The van der Waals surface area contributed by atoms with Gasteiger partial charge in [0.25, 0.3) is 15.9 Å². The smallest absolute Gasteiger partial charge is 0.261 e. The molecule has 0 saturated carbocycles. The van der Waals surface area contributed by atoms with Crippen molar-refractivity contribution in [1.82, 2.24) is 5.32 Å². The zero-order valence-corrected chi connectivity index (χ0v) is 16.2. The first kappa shape index (κ1) is 20.3. The van der Waals surface area contributed by atoms with Gasteiger partial charge in [0, 0.05) is 5.56 Å². The summed E-state index contributed by atoms with van der Waals surface area (Å²) >= 11 is 0. The predicted octanol–water partition coefficient (Wildman–Crippen LogP) is 3.44. The second kappa shape index (κ2) is 9.20. The maximum atomic E-state index is 13.7. The largest absolute Gasteiger partial charge is 0.492 e. The Kier molecular flexibility index (Phi) is 6.46. The van der Waals surface area contributed by atoms with Gasteiger partial charge in [-0.15, -0.1) is 0 Å². The van der Waals surface area contributed by atoms with Crippen LogP contribution in [0.15, 0.2) is 83.8 Å². The van der Waals surface area contributed by atoms with Gasteiger partial charge in [-0.05, 0) is 48.5 Å². The normalized spacial score (nSPS) is 10.9. The summed E-state index contributed by atoms with van der Waals surface area (Å²) in [4.78, 5) is 12.1. The number of ether oxygens (including phenoxy) is 1. The lowest BCUT2D eigenvalue weighted by atomic mass is 10.2. The molecule has 0 bridgehead atoms. The minimum atomic E-state index is -3.97. The quantitative estimate of drug-likeness (QED) is 0.553. The Morgan fingerprint density at radius 1 is 0.897 bits per heavy atom. The van der Waals surface area contributed by atoms with Crippen LogP contribution in [0.1, 0.15) is 10.4 Å². The van der Waals surface area contributed by atoms with Gasteiger partial charge in [-0.25, -0.2) is 12.8 Å². The molecular formula is C21H19FN2O4S. The number of para-hydroxylation sites is 2. The molecule has 0 unspecified atom stereocenters. The van der Waals surface area contributed by atoms with E-state index in [1.165, 1.54) is 42.5 Å². The van der Waals surface area contributed by atoms with E-state index in [2.05, 4.69) is 10.0 Å². The summed E-state index contributed by atoms with van der Waals surface area (Å²) in [6, 6.07) is 20.1. The fourth-order valence-electron chi connectivity index (χ4n) is 2.49. The van der Waals surface area contributed by atoms with Gasteiger partial charge < -0.3 is 10.1 Å². The molecule has 8 heteroatoms. The van der Waals surface area contributed by atoms with E-state index in [9.17, 15) is 17.6 Å². The second-order valence-electron chi connectivity index (χ2n) is 6.03. The number of carbonyl (C=O) groups is 1. The van der Waals surface area contributed by atoms with E-state index in [0.717, 1.165) is 6.07 Å². The molecule has 3 aromatic carbocycles. The Balaban J connectivity index is 1.56. The van der Waals surface area contributed by atoms with Crippen molar-refractivity contribution in [2.24, 2.45) is 0 Å². The lowest BCUT2D eigenvalue weighted by Crippen LogP contribution is -2.28. The Hall–Kier alpha value is -3.39. The Morgan fingerprint density at radius 3 is 2.24 bits per heavy atom. The van der Waals surface area contributed by atoms with Gasteiger partial charge in [0.05, 0.1) is 17.1 Å². The molecule has 6 nitrogen and oxygen atoms in total. The molecule has 0 fully saturated rings. The third kappa shape index (κ3) is 5.55. The molecule has 0 heterocycles. The highest BCUT2D eigenvalue weighted by molar-refractivity contribution is 7.92. The fourth-order valence-corrected chi connectivity index (χ4v) is 3.55. The summed E-state index contributed by atoms with van der Waals surface area (Å²) in [7, 11) is -3.97. The summed E-state index contributed by atoms with van der Waals surface area (Å²) < 4.78 is 46.1. The van der Waals surface area contributed by atoms with E-state index in [4.69, 9.17) is 4.74 Å². The van der Waals surface area contributed by atoms with E-state index >= 15 is 0 Å². The molecular weight excluding hydrogens is 395 g/mol. The summed E-state index contributed by atoms with van der Waals surface area (Å²) in [6.45, 7) is 0.595. The van der Waals surface area contributed by atoms with Crippen molar-refractivity contribution in [1.29, 1.82) is 0 Å². The molecule has 0 radical (unpaired) electrons. The van der Waals surface area contributed by atoms with Crippen LogP contribution in [-0.2, 0) is 10.0 Å². The third-order valence-corrected chi connectivity index (χ3v) is 5.33. The molecule has 0 aromatic heterocycles. The minimum absolute atomic E-state index is 0.0790. The SMILES string of the molecule is O=C(NCCOc1ccccc1)c1ccc(S(=O)(=O)Nc2ccccc2F)cc1. The molecule has 3 aromatic rings. The van der Waals surface area contributed by atoms with Crippen LogP contribution in [0.25, 0.3) is 0 Å². The Labute approximate surface area is 168 Å². The number of rotatable bonds is 8. The number of sulfonamides is 1. The first-order valence-corrected chi connectivity index (χ1v) is 10.3. The topological polar surface area (TPSA) is 84.5 Å². The minimum Gasteiger partial charge on any atom is -0.492 e. The second-order valence-corrected chi connectivity index (χ2v) is 7.71. The Bertz CT molecular complexity index is 1070. The van der Waals surface area contributed by atoms with Crippen LogP contribution in [0, 0.1) is 5.82 Å². The van der Waals surface area contributed by atoms with Crippen LogP contribution in [0.2, 0.25) is 0 Å². The highest BCUT2D eigenvalue weighted by Crippen LogP contribution is 2.19. The van der Waals surface area contributed by atoms with E-state index < -0.39 is 15.8 Å². The molecule has 1 amide bonds. The molecule has 0 spiro atoms. The molecule has 2 N–H and O–H groups in total. The van der Waals surface area contributed by atoms with Gasteiger partial charge in [0.1, 0.15) is 18.2 Å². The van der Waals surface area contributed by atoms with E-state index in [0.29, 0.717) is 24.5 Å². The lowest BCUT2D eigenvalue weighted by Gasteiger charge is -2.10. The summed E-state index contributed by atoms with van der Waals surface area (Å²) in [6.07, 6.45) is 0. The first-order valence-electron chi connectivity index (χ1n) is 8.79. The molecule has 0 aliphatic carbocycles. The van der Waals surface area contributed by atoms with Crippen molar-refractivity contribution in [2.75, 3.05) is 17.9 Å². The first-order chi connectivity index (χ1) is 14.0. The van der Waals surface area contributed by atoms with Crippen LogP contribution in [0.5, 0.6) is 5.75 Å². The zero-order valence-electron chi connectivity index (χ0n) is 15.3. The maximum absolute atomic E-state index is 13.7. The number of carbonyl (C=O) groups excluding carboxylic acids is 1. The number of anilines is 1. The standard InChI is InChI=1S/C21H19FN2O4S/c22-19-8-4-5-9-20(19)24-29(26,27)18-12-10-16(11-13-18)21(25)23-14-15-28-17-6-2-1-3-7-17/h1-13,24H,14-15H2,(H,23,25). The van der Waals surface area contributed by atoms with E-state index in [-0.39, 0.29) is 16.5 Å². The summed E-state index contributed by atoms with van der Waals surface area (Å²) in [5.41, 5.74) is 0.155. The molecule has 0 aliphatic rings.